The summed E-state index contributed by atoms with van der Waals surface area (Å²) in [5, 5.41) is 13.2. The third kappa shape index (κ3) is 4.04. The Balaban J connectivity index is 2.17. The van der Waals surface area contributed by atoms with E-state index in [0.717, 1.165) is 22.7 Å². The molecule has 2 rings (SSSR count). The van der Waals surface area contributed by atoms with Gasteiger partial charge in [0.05, 0.1) is 21.3 Å². The first-order valence-corrected chi connectivity index (χ1v) is 7.74. The van der Waals surface area contributed by atoms with Crippen LogP contribution in [-0.2, 0) is 5.41 Å². The van der Waals surface area contributed by atoms with Crippen LogP contribution >= 0.6 is 0 Å². The number of aromatic hydroxyl groups is 1. The second-order valence-corrected chi connectivity index (χ2v) is 6.23. The van der Waals surface area contributed by atoms with Gasteiger partial charge in [0.2, 0.25) is 0 Å². The Kier molecular flexibility index (Phi) is 5.44. The van der Waals surface area contributed by atoms with Crippen molar-refractivity contribution in [3.63, 3.8) is 0 Å². The third-order valence-corrected chi connectivity index (χ3v) is 4.05. The highest BCUT2D eigenvalue weighted by molar-refractivity contribution is 5.54. The number of rotatable bonds is 7. The Morgan fingerprint density at radius 2 is 1.54 bits per heavy atom. The van der Waals surface area contributed by atoms with E-state index in [1.807, 2.05) is 24.3 Å². The average molecular weight is 331 g/mol. The normalized spacial score (nSPS) is 11.0. The van der Waals surface area contributed by atoms with E-state index < -0.39 is 0 Å². The van der Waals surface area contributed by atoms with Crippen LogP contribution in [0.1, 0.15) is 19.4 Å². The van der Waals surface area contributed by atoms with Crippen LogP contribution in [0.15, 0.2) is 36.4 Å². The van der Waals surface area contributed by atoms with Gasteiger partial charge in [0.15, 0.2) is 11.5 Å². The average Bonchev–Trinajstić information content (AvgIpc) is 2.59. The van der Waals surface area contributed by atoms with Gasteiger partial charge in [0.25, 0.3) is 0 Å². The molecular formula is C19H25NO4. The molecule has 0 bridgehead atoms. The number of phenolic OH excluding ortho intramolecular Hbond substituents is 1. The minimum atomic E-state index is -0.169. The molecule has 130 valence electrons. The van der Waals surface area contributed by atoms with Crippen molar-refractivity contribution in [2.75, 3.05) is 33.2 Å². The van der Waals surface area contributed by atoms with Crippen molar-refractivity contribution in [3.8, 4) is 23.0 Å². The largest absolute Gasteiger partial charge is 0.504 e. The minimum absolute atomic E-state index is 0.114. The summed E-state index contributed by atoms with van der Waals surface area (Å²) >= 11 is 0. The van der Waals surface area contributed by atoms with Crippen molar-refractivity contribution in [1.29, 1.82) is 0 Å². The molecule has 0 aliphatic carbocycles. The van der Waals surface area contributed by atoms with Gasteiger partial charge in [-0.3, -0.25) is 0 Å². The zero-order chi connectivity index (χ0) is 17.7. The molecule has 0 unspecified atom stereocenters. The predicted molar refractivity (Wildman–Crippen MR) is 95.7 cm³/mol. The molecule has 2 aromatic carbocycles. The van der Waals surface area contributed by atoms with Gasteiger partial charge < -0.3 is 24.6 Å². The molecule has 5 nitrogen and oxygen atoms in total. The molecule has 5 heteroatoms. The van der Waals surface area contributed by atoms with Gasteiger partial charge in [-0.05, 0) is 29.8 Å². The van der Waals surface area contributed by atoms with Gasteiger partial charge in [-0.15, -0.1) is 0 Å². The molecule has 0 spiro atoms. The number of hydrogen-bond donors (Lipinski definition) is 2. The van der Waals surface area contributed by atoms with Gasteiger partial charge in [0.1, 0.15) is 11.5 Å². The van der Waals surface area contributed by atoms with Crippen molar-refractivity contribution >= 4 is 5.69 Å². The van der Waals surface area contributed by atoms with E-state index in [0.29, 0.717) is 12.3 Å². The lowest BCUT2D eigenvalue weighted by Crippen LogP contribution is -2.27. The summed E-state index contributed by atoms with van der Waals surface area (Å²) < 4.78 is 15.8. The van der Waals surface area contributed by atoms with Crippen molar-refractivity contribution in [2.24, 2.45) is 0 Å². The van der Waals surface area contributed by atoms with Gasteiger partial charge >= 0.3 is 0 Å². The number of anilines is 1. The van der Waals surface area contributed by atoms with Crippen LogP contribution in [0.3, 0.4) is 0 Å². The second kappa shape index (κ2) is 7.34. The van der Waals surface area contributed by atoms with E-state index in [1.165, 1.54) is 7.11 Å². The first kappa shape index (κ1) is 17.8. The van der Waals surface area contributed by atoms with E-state index in [-0.39, 0.29) is 11.2 Å². The Bertz CT molecular complexity index is 676. The molecule has 0 amide bonds. The summed E-state index contributed by atoms with van der Waals surface area (Å²) in [6.07, 6.45) is 0. The quantitative estimate of drug-likeness (QED) is 0.808. The van der Waals surface area contributed by atoms with E-state index in [2.05, 4.69) is 19.2 Å². The highest BCUT2D eigenvalue weighted by atomic mass is 16.5. The highest BCUT2D eigenvalue weighted by Crippen LogP contribution is 2.33. The van der Waals surface area contributed by atoms with Crippen LogP contribution < -0.4 is 19.5 Å². The number of methoxy groups -OCH3 is 3. The molecule has 0 atom stereocenters. The molecule has 0 saturated carbocycles. The zero-order valence-corrected chi connectivity index (χ0v) is 14.8. The highest BCUT2D eigenvalue weighted by Gasteiger charge is 2.22. The monoisotopic (exact) mass is 331 g/mol. The van der Waals surface area contributed by atoms with Crippen molar-refractivity contribution in [3.05, 3.63) is 42.0 Å². The number of phenols is 1. The summed E-state index contributed by atoms with van der Waals surface area (Å²) in [5.74, 6) is 2.10. The standard InChI is InChI=1S/C19H25NO4/c1-19(2,13-8-15(22-3)11-16(9-13)23-4)12-20-14-6-7-18(24-5)17(21)10-14/h6-11,20-21H,12H2,1-5H3. The maximum Gasteiger partial charge on any atom is 0.160 e. The van der Waals surface area contributed by atoms with E-state index in [9.17, 15) is 5.11 Å². The van der Waals surface area contributed by atoms with Crippen molar-refractivity contribution < 1.29 is 19.3 Å². The van der Waals surface area contributed by atoms with Crippen molar-refractivity contribution in [1.82, 2.24) is 0 Å². The van der Waals surface area contributed by atoms with Crippen LogP contribution in [0.25, 0.3) is 0 Å². The first-order chi connectivity index (χ1) is 11.4. The van der Waals surface area contributed by atoms with E-state index in [4.69, 9.17) is 14.2 Å². The Labute approximate surface area is 143 Å². The smallest absolute Gasteiger partial charge is 0.160 e. The maximum atomic E-state index is 9.88. The van der Waals surface area contributed by atoms with Crippen molar-refractivity contribution in [2.45, 2.75) is 19.3 Å². The fourth-order valence-electron chi connectivity index (χ4n) is 2.42. The van der Waals surface area contributed by atoms with Gasteiger partial charge in [-0.25, -0.2) is 0 Å². The third-order valence-electron chi connectivity index (χ3n) is 4.05. The van der Waals surface area contributed by atoms with Crippen LogP contribution in [-0.4, -0.2) is 33.0 Å². The fraction of sp³-hybridized carbons (Fsp3) is 0.368. The number of hydrogen-bond acceptors (Lipinski definition) is 5. The number of benzene rings is 2. The lowest BCUT2D eigenvalue weighted by molar-refractivity contribution is 0.373. The Morgan fingerprint density at radius 3 is 2.04 bits per heavy atom. The second-order valence-electron chi connectivity index (χ2n) is 6.23. The van der Waals surface area contributed by atoms with Crippen LogP contribution in [0, 0.1) is 0 Å². The number of ether oxygens (including phenoxy) is 3. The summed E-state index contributed by atoms with van der Waals surface area (Å²) in [6, 6.07) is 11.1. The summed E-state index contributed by atoms with van der Waals surface area (Å²) in [6.45, 7) is 4.95. The van der Waals surface area contributed by atoms with Crippen LogP contribution in [0.5, 0.6) is 23.0 Å². The zero-order valence-electron chi connectivity index (χ0n) is 14.8. The molecule has 0 aliphatic rings. The van der Waals surface area contributed by atoms with E-state index >= 15 is 0 Å². The van der Waals surface area contributed by atoms with E-state index in [1.54, 1.807) is 26.4 Å². The van der Waals surface area contributed by atoms with Crippen LogP contribution in [0.4, 0.5) is 5.69 Å². The topological polar surface area (TPSA) is 60.0 Å². The number of nitrogens with one attached hydrogen (secondary N) is 1. The molecule has 2 N–H and O–H groups in total. The van der Waals surface area contributed by atoms with Gasteiger partial charge in [-0.1, -0.05) is 13.8 Å². The summed E-state index contributed by atoms with van der Waals surface area (Å²) in [7, 11) is 4.81. The summed E-state index contributed by atoms with van der Waals surface area (Å²) in [5.41, 5.74) is 1.76. The molecule has 0 aromatic heterocycles. The molecule has 0 radical (unpaired) electrons. The molecule has 0 fully saturated rings. The van der Waals surface area contributed by atoms with Gasteiger partial charge in [-0.2, -0.15) is 0 Å². The van der Waals surface area contributed by atoms with Crippen LogP contribution in [0.2, 0.25) is 0 Å². The maximum absolute atomic E-state index is 9.88. The molecule has 2 aromatic rings. The molecule has 0 aliphatic heterocycles. The fourth-order valence-corrected chi connectivity index (χ4v) is 2.42. The summed E-state index contributed by atoms with van der Waals surface area (Å²) in [4.78, 5) is 0. The Hall–Kier alpha value is -2.56. The molecule has 0 heterocycles. The Morgan fingerprint density at radius 1 is 0.917 bits per heavy atom. The lowest BCUT2D eigenvalue weighted by atomic mass is 9.84. The predicted octanol–water partition coefficient (Wildman–Crippen LogP) is 3.81. The lowest BCUT2D eigenvalue weighted by Gasteiger charge is -2.27. The first-order valence-electron chi connectivity index (χ1n) is 7.74. The molecule has 24 heavy (non-hydrogen) atoms. The minimum Gasteiger partial charge on any atom is -0.504 e. The van der Waals surface area contributed by atoms with Gasteiger partial charge in [0, 0.05) is 29.8 Å². The SMILES string of the molecule is COc1cc(OC)cc(C(C)(C)CNc2ccc(OC)c(O)c2)c1. The molecular weight excluding hydrogens is 306 g/mol. The molecule has 0 saturated heterocycles.